The second-order valence-corrected chi connectivity index (χ2v) is 4.05. The van der Waals surface area contributed by atoms with Crippen LogP contribution in [0, 0.1) is 0 Å². The Morgan fingerprint density at radius 2 is 1.94 bits per heavy atom. The smallest absolute Gasteiger partial charge is 0.339 e. The van der Waals surface area contributed by atoms with Crippen molar-refractivity contribution in [2.24, 2.45) is 0 Å². The van der Waals surface area contributed by atoms with Crippen molar-refractivity contribution < 1.29 is 26.6 Å². The minimum Gasteiger partial charge on any atom is -0.495 e. The topological polar surface area (TPSA) is 69.7 Å². The third-order valence-electron chi connectivity index (χ3n) is 1.85. The van der Waals surface area contributed by atoms with Gasteiger partial charge in [-0.05, 0) is 12.1 Å². The van der Waals surface area contributed by atoms with Gasteiger partial charge >= 0.3 is 16.2 Å². The van der Waals surface area contributed by atoms with E-state index in [1.54, 1.807) is 0 Å². The number of rotatable bonds is 3. The average Bonchev–Trinajstić information content (AvgIpc) is 2.25. The zero-order chi connectivity index (χ0) is 12.3. The number of methoxy groups -OCH3 is 2. The standard InChI is InChI=1S/C9H9FO5S/c1-14-7-5-3-4-6(9(11)15-2)8(7)16(10,12)13/h3-5H,1-2H3. The minimum atomic E-state index is -5.06. The lowest BCUT2D eigenvalue weighted by Gasteiger charge is -2.08. The van der Waals surface area contributed by atoms with Crippen LogP contribution in [0.4, 0.5) is 3.89 Å². The molecule has 0 N–H and O–H groups in total. The Morgan fingerprint density at radius 1 is 1.31 bits per heavy atom. The quantitative estimate of drug-likeness (QED) is 0.592. The highest BCUT2D eigenvalue weighted by atomic mass is 32.3. The summed E-state index contributed by atoms with van der Waals surface area (Å²) < 4.78 is 43.8. The van der Waals surface area contributed by atoms with Crippen LogP contribution in [0.25, 0.3) is 0 Å². The molecule has 0 spiro atoms. The Hall–Kier alpha value is -1.63. The molecule has 0 aromatic heterocycles. The molecule has 7 heteroatoms. The lowest BCUT2D eigenvalue weighted by Crippen LogP contribution is -2.09. The van der Waals surface area contributed by atoms with Crippen LogP contribution < -0.4 is 4.74 Å². The number of carbonyl (C=O) groups is 1. The van der Waals surface area contributed by atoms with Gasteiger partial charge in [-0.2, -0.15) is 8.42 Å². The minimum absolute atomic E-state index is 0.245. The van der Waals surface area contributed by atoms with Crippen LogP contribution >= 0.6 is 0 Å². The van der Waals surface area contributed by atoms with E-state index in [1.807, 2.05) is 0 Å². The largest absolute Gasteiger partial charge is 0.495 e. The summed E-state index contributed by atoms with van der Waals surface area (Å²) in [5.41, 5.74) is -0.399. The maximum Gasteiger partial charge on any atom is 0.339 e. The SMILES string of the molecule is COC(=O)c1cccc(OC)c1S(=O)(=O)F. The summed E-state index contributed by atoms with van der Waals surface area (Å²) in [4.78, 5) is 10.4. The van der Waals surface area contributed by atoms with E-state index >= 15 is 0 Å². The van der Waals surface area contributed by atoms with Crippen molar-refractivity contribution in [3.63, 3.8) is 0 Å². The number of ether oxygens (including phenoxy) is 2. The molecule has 0 aliphatic heterocycles. The van der Waals surface area contributed by atoms with E-state index in [2.05, 4.69) is 9.47 Å². The summed E-state index contributed by atoms with van der Waals surface area (Å²) in [5.74, 6) is -1.19. The predicted molar refractivity (Wildman–Crippen MR) is 52.6 cm³/mol. The maximum atomic E-state index is 13.0. The van der Waals surface area contributed by atoms with Gasteiger partial charge < -0.3 is 9.47 Å². The Morgan fingerprint density at radius 3 is 2.38 bits per heavy atom. The van der Waals surface area contributed by atoms with E-state index in [0.29, 0.717) is 0 Å². The predicted octanol–water partition coefficient (Wildman–Crippen LogP) is 1.14. The third-order valence-corrected chi connectivity index (χ3v) is 2.76. The molecule has 16 heavy (non-hydrogen) atoms. The van der Waals surface area contributed by atoms with Gasteiger partial charge in [-0.3, -0.25) is 0 Å². The van der Waals surface area contributed by atoms with Gasteiger partial charge in [0.05, 0.1) is 19.8 Å². The molecule has 0 radical (unpaired) electrons. The molecule has 1 rings (SSSR count). The highest BCUT2D eigenvalue weighted by Crippen LogP contribution is 2.29. The van der Waals surface area contributed by atoms with Gasteiger partial charge in [0.1, 0.15) is 5.75 Å². The van der Waals surface area contributed by atoms with Crippen LogP contribution in [0.2, 0.25) is 0 Å². The van der Waals surface area contributed by atoms with E-state index < -0.39 is 26.7 Å². The van der Waals surface area contributed by atoms with Gasteiger partial charge in [-0.25, -0.2) is 4.79 Å². The summed E-state index contributed by atoms with van der Waals surface area (Å²) in [5, 5.41) is 0. The van der Waals surface area contributed by atoms with Gasteiger partial charge in [0.25, 0.3) is 0 Å². The molecule has 88 valence electrons. The average molecular weight is 248 g/mol. The molecular weight excluding hydrogens is 239 g/mol. The van der Waals surface area contributed by atoms with E-state index in [1.165, 1.54) is 19.2 Å². The van der Waals surface area contributed by atoms with Crippen molar-refractivity contribution >= 4 is 16.2 Å². The third kappa shape index (κ3) is 2.30. The van der Waals surface area contributed by atoms with E-state index in [9.17, 15) is 17.1 Å². The van der Waals surface area contributed by atoms with Crippen molar-refractivity contribution in [3.05, 3.63) is 23.8 Å². The molecule has 0 heterocycles. The van der Waals surface area contributed by atoms with Crippen molar-refractivity contribution in [2.75, 3.05) is 14.2 Å². The Balaban J connectivity index is 3.57. The van der Waals surface area contributed by atoms with Crippen molar-refractivity contribution in [3.8, 4) is 5.75 Å². The van der Waals surface area contributed by atoms with E-state index in [0.717, 1.165) is 13.2 Å². The summed E-state index contributed by atoms with van der Waals surface area (Å²) >= 11 is 0. The fourth-order valence-corrected chi connectivity index (χ4v) is 2.00. The number of halogens is 1. The monoisotopic (exact) mass is 248 g/mol. The summed E-state index contributed by atoms with van der Waals surface area (Å²) in [6, 6.07) is 3.74. The normalized spacial score (nSPS) is 10.9. The highest BCUT2D eigenvalue weighted by Gasteiger charge is 2.26. The van der Waals surface area contributed by atoms with Crippen LogP contribution in [0.15, 0.2) is 23.1 Å². The molecular formula is C9H9FO5S. The Bertz CT molecular complexity index is 509. The summed E-state index contributed by atoms with van der Waals surface area (Å²) in [6.45, 7) is 0. The Labute approximate surface area is 92.0 Å². The number of benzene rings is 1. The first-order chi connectivity index (χ1) is 7.41. The van der Waals surface area contributed by atoms with Crippen LogP contribution in [0.5, 0.6) is 5.75 Å². The van der Waals surface area contributed by atoms with Crippen LogP contribution in [0.3, 0.4) is 0 Å². The van der Waals surface area contributed by atoms with Gasteiger partial charge in [-0.1, -0.05) is 6.07 Å². The number of esters is 1. The van der Waals surface area contributed by atoms with Gasteiger partial charge in [0, 0.05) is 0 Å². The highest BCUT2D eigenvalue weighted by molar-refractivity contribution is 7.86. The Kier molecular flexibility index (Phi) is 3.48. The van der Waals surface area contributed by atoms with Gasteiger partial charge in [0.15, 0.2) is 4.90 Å². The maximum absolute atomic E-state index is 13.0. The zero-order valence-electron chi connectivity index (χ0n) is 8.56. The second-order valence-electron chi connectivity index (χ2n) is 2.77. The second kappa shape index (κ2) is 4.48. The number of hydrogen-bond donors (Lipinski definition) is 0. The fourth-order valence-electron chi connectivity index (χ4n) is 1.20. The van der Waals surface area contributed by atoms with E-state index in [4.69, 9.17) is 0 Å². The number of hydrogen-bond acceptors (Lipinski definition) is 5. The lowest BCUT2D eigenvalue weighted by molar-refractivity contribution is 0.0595. The first kappa shape index (κ1) is 12.4. The summed E-state index contributed by atoms with van der Waals surface area (Å²) in [7, 11) is -2.82. The van der Waals surface area contributed by atoms with Crippen LogP contribution in [-0.2, 0) is 15.0 Å². The molecule has 1 aromatic carbocycles. The molecule has 0 saturated carbocycles. The molecule has 0 atom stereocenters. The molecule has 0 saturated heterocycles. The molecule has 0 aliphatic carbocycles. The lowest BCUT2D eigenvalue weighted by atomic mass is 10.2. The molecule has 0 bridgehead atoms. The molecule has 0 unspecified atom stereocenters. The van der Waals surface area contributed by atoms with Crippen LogP contribution in [-0.4, -0.2) is 28.6 Å². The molecule has 0 fully saturated rings. The van der Waals surface area contributed by atoms with Crippen molar-refractivity contribution in [1.29, 1.82) is 0 Å². The first-order valence-electron chi connectivity index (χ1n) is 4.11. The first-order valence-corrected chi connectivity index (χ1v) is 5.50. The fraction of sp³-hybridized carbons (Fsp3) is 0.222. The van der Waals surface area contributed by atoms with Crippen molar-refractivity contribution in [2.45, 2.75) is 4.90 Å². The molecule has 5 nitrogen and oxygen atoms in total. The zero-order valence-corrected chi connectivity index (χ0v) is 9.38. The summed E-state index contributed by atoms with van der Waals surface area (Å²) in [6.07, 6.45) is 0. The van der Waals surface area contributed by atoms with E-state index in [-0.39, 0.29) is 5.75 Å². The van der Waals surface area contributed by atoms with Gasteiger partial charge in [-0.15, -0.1) is 3.89 Å². The molecule has 0 amide bonds. The van der Waals surface area contributed by atoms with Gasteiger partial charge in [0.2, 0.25) is 0 Å². The van der Waals surface area contributed by atoms with Crippen LogP contribution in [0.1, 0.15) is 10.4 Å². The molecule has 1 aromatic rings. The van der Waals surface area contributed by atoms with Crippen molar-refractivity contribution in [1.82, 2.24) is 0 Å². The number of carbonyl (C=O) groups excluding carboxylic acids is 1. The molecule has 0 aliphatic rings.